The van der Waals surface area contributed by atoms with Crippen molar-refractivity contribution in [3.63, 3.8) is 0 Å². The third kappa shape index (κ3) is 1.05. The minimum Gasteiger partial charge on any atom is -0.472 e. The van der Waals surface area contributed by atoms with Gasteiger partial charge in [0.05, 0.1) is 24.4 Å². The quantitative estimate of drug-likeness (QED) is 0.643. The van der Waals surface area contributed by atoms with Crippen LogP contribution in [0.1, 0.15) is 0 Å². The van der Waals surface area contributed by atoms with Crippen molar-refractivity contribution in [3.8, 4) is 11.1 Å². The van der Waals surface area contributed by atoms with Crippen LogP contribution in [0.2, 0.25) is 0 Å². The van der Waals surface area contributed by atoms with Gasteiger partial charge < -0.3 is 8.83 Å². The highest BCUT2D eigenvalue weighted by Crippen LogP contribution is 2.14. The molecule has 0 aromatic carbocycles. The molecule has 0 aliphatic rings. The predicted molar refractivity (Wildman–Crippen MR) is 42.7 cm³/mol. The maximum atomic E-state index is 11.1. The Kier molecular flexibility index (Phi) is 1.55. The van der Waals surface area contributed by atoms with E-state index < -0.39 is 0 Å². The van der Waals surface area contributed by atoms with Crippen molar-refractivity contribution < 1.29 is 8.83 Å². The van der Waals surface area contributed by atoms with Crippen LogP contribution in [0.25, 0.3) is 11.1 Å². The van der Waals surface area contributed by atoms with Crippen LogP contribution in [0.15, 0.2) is 50.6 Å². The lowest BCUT2D eigenvalue weighted by atomic mass is 10.2. The number of rotatable bonds is 1. The number of hydrogen-bond acceptors (Lipinski definition) is 3. The lowest BCUT2D eigenvalue weighted by Crippen LogP contribution is -1.99. The summed E-state index contributed by atoms with van der Waals surface area (Å²) in [6, 6.07) is 5.08. The zero-order valence-corrected chi connectivity index (χ0v) is 6.19. The van der Waals surface area contributed by atoms with Gasteiger partial charge in [0.2, 0.25) is 0 Å². The first-order valence-corrected chi connectivity index (χ1v) is 3.48. The molecular weight excluding hydrogens is 156 g/mol. The topological polar surface area (TPSA) is 43.4 Å². The molecule has 2 heterocycles. The molecule has 0 bridgehead atoms. The van der Waals surface area contributed by atoms with Crippen LogP contribution in [-0.2, 0) is 0 Å². The van der Waals surface area contributed by atoms with Crippen LogP contribution >= 0.6 is 0 Å². The fraction of sp³-hybridized carbons (Fsp3) is 0. The molecule has 0 radical (unpaired) electrons. The van der Waals surface area contributed by atoms with E-state index in [9.17, 15) is 4.79 Å². The second-order valence-corrected chi connectivity index (χ2v) is 2.33. The second kappa shape index (κ2) is 2.70. The summed E-state index contributed by atoms with van der Waals surface area (Å²) in [5, 5.41) is 0. The van der Waals surface area contributed by atoms with Crippen molar-refractivity contribution in [2.24, 2.45) is 0 Å². The van der Waals surface area contributed by atoms with Gasteiger partial charge >= 0.3 is 5.63 Å². The summed E-state index contributed by atoms with van der Waals surface area (Å²) in [7, 11) is 0. The molecule has 0 saturated heterocycles. The van der Waals surface area contributed by atoms with Gasteiger partial charge in [-0.25, -0.2) is 4.79 Å². The summed E-state index contributed by atoms with van der Waals surface area (Å²) < 4.78 is 9.53. The van der Waals surface area contributed by atoms with Gasteiger partial charge in [-0.1, -0.05) is 0 Å². The third-order valence-electron chi connectivity index (χ3n) is 1.57. The third-order valence-corrected chi connectivity index (χ3v) is 1.57. The Morgan fingerprint density at radius 2 is 2.08 bits per heavy atom. The van der Waals surface area contributed by atoms with Crippen LogP contribution in [0, 0.1) is 0 Å². The molecule has 2 aromatic rings. The van der Waals surface area contributed by atoms with Crippen LogP contribution in [-0.4, -0.2) is 0 Å². The van der Waals surface area contributed by atoms with E-state index in [1.54, 1.807) is 18.2 Å². The Hall–Kier alpha value is -1.77. The molecule has 0 atom stereocenters. The monoisotopic (exact) mass is 162 g/mol. The predicted octanol–water partition coefficient (Wildman–Crippen LogP) is 1.90. The van der Waals surface area contributed by atoms with E-state index in [-0.39, 0.29) is 5.63 Å². The Balaban J connectivity index is 2.63. The SMILES string of the molecule is O=c1occcc1-c1ccoc1. The second-order valence-electron chi connectivity index (χ2n) is 2.33. The summed E-state index contributed by atoms with van der Waals surface area (Å²) >= 11 is 0. The van der Waals surface area contributed by atoms with Gasteiger partial charge in [-0.2, -0.15) is 0 Å². The van der Waals surface area contributed by atoms with Gasteiger partial charge in [0, 0.05) is 5.56 Å². The van der Waals surface area contributed by atoms with Gasteiger partial charge in [-0.3, -0.25) is 0 Å². The highest BCUT2D eigenvalue weighted by atomic mass is 16.4. The first-order chi connectivity index (χ1) is 5.88. The maximum Gasteiger partial charge on any atom is 0.343 e. The van der Waals surface area contributed by atoms with Gasteiger partial charge in [0.1, 0.15) is 0 Å². The fourth-order valence-corrected chi connectivity index (χ4v) is 1.000. The molecule has 3 nitrogen and oxygen atoms in total. The average molecular weight is 162 g/mol. The first kappa shape index (κ1) is 6.91. The van der Waals surface area contributed by atoms with E-state index >= 15 is 0 Å². The lowest BCUT2D eigenvalue weighted by Gasteiger charge is -1.90. The largest absolute Gasteiger partial charge is 0.472 e. The molecule has 60 valence electrons. The summed E-state index contributed by atoms with van der Waals surface area (Å²) in [6.45, 7) is 0. The molecule has 12 heavy (non-hydrogen) atoms. The Labute approximate surface area is 68.2 Å². The minimum atomic E-state index is -0.348. The summed E-state index contributed by atoms with van der Waals surface area (Å²) in [5.74, 6) is 0. The van der Waals surface area contributed by atoms with Crippen molar-refractivity contribution in [1.82, 2.24) is 0 Å². The van der Waals surface area contributed by atoms with Crippen molar-refractivity contribution in [3.05, 3.63) is 47.4 Å². The maximum absolute atomic E-state index is 11.1. The van der Waals surface area contributed by atoms with Gasteiger partial charge in [-0.05, 0) is 18.2 Å². The normalized spacial score (nSPS) is 10.0. The highest BCUT2D eigenvalue weighted by molar-refractivity contribution is 5.59. The molecule has 0 spiro atoms. The van der Waals surface area contributed by atoms with Crippen molar-refractivity contribution in [2.75, 3.05) is 0 Å². The van der Waals surface area contributed by atoms with E-state index in [4.69, 9.17) is 4.42 Å². The number of hydrogen-bond donors (Lipinski definition) is 0. The molecular formula is C9H6O3. The Morgan fingerprint density at radius 1 is 1.17 bits per heavy atom. The van der Waals surface area contributed by atoms with E-state index in [0.717, 1.165) is 5.56 Å². The van der Waals surface area contributed by atoms with Gasteiger partial charge in [0.25, 0.3) is 0 Å². The first-order valence-electron chi connectivity index (χ1n) is 3.48. The Bertz CT molecular complexity index is 411. The molecule has 2 rings (SSSR count). The number of furan rings is 1. The Morgan fingerprint density at radius 3 is 2.75 bits per heavy atom. The zero-order chi connectivity index (χ0) is 8.39. The van der Waals surface area contributed by atoms with Crippen LogP contribution < -0.4 is 5.63 Å². The van der Waals surface area contributed by atoms with E-state index in [1.807, 2.05) is 0 Å². The molecule has 0 aliphatic heterocycles. The van der Waals surface area contributed by atoms with Crippen LogP contribution in [0.5, 0.6) is 0 Å². The summed E-state index contributed by atoms with van der Waals surface area (Å²) in [5.41, 5.74) is 0.912. The molecule has 0 aliphatic carbocycles. The molecule has 0 unspecified atom stereocenters. The molecule has 0 saturated carbocycles. The summed E-state index contributed by atoms with van der Waals surface area (Å²) in [4.78, 5) is 11.1. The molecule has 3 heteroatoms. The molecule has 2 aromatic heterocycles. The van der Waals surface area contributed by atoms with Crippen molar-refractivity contribution in [2.45, 2.75) is 0 Å². The fourth-order valence-electron chi connectivity index (χ4n) is 1.000. The summed E-state index contributed by atoms with van der Waals surface area (Å²) in [6.07, 6.45) is 4.37. The van der Waals surface area contributed by atoms with Gasteiger partial charge in [-0.15, -0.1) is 0 Å². The van der Waals surface area contributed by atoms with E-state index in [0.29, 0.717) is 5.56 Å². The lowest BCUT2D eigenvalue weighted by molar-refractivity contribution is 0.512. The van der Waals surface area contributed by atoms with Crippen molar-refractivity contribution >= 4 is 0 Å². The van der Waals surface area contributed by atoms with E-state index in [1.165, 1.54) is 18.8 Å². The van der Waals surface area contributed by atoms with Gasteiger partial charge in [0.15, 0.2) is 0 Å². The molecule has 0 amide bonds. The minimum absolute atomic E-state index is 0.348. The smallest absolute Gasteiger partial charge is 0.343 e. The molecule has 0 fully saturated rings. The van der Waals surface area contributed by atoms with Crippen molar-refractivity contribution in [1.29, 1.82) is 0 Å². The van der Waals surface area contributed by atoms with Crippen LogP contribution in [0.3, 0.4) is 0 Å². The van der Waals surface area contributed by atoms with E-state index in [2.05, 4.69) is 4.42 Å². The highest BCUT2D eigenvalue weighted by Gasteiger charge is 2.03. The zero-order valence-electron chi connectivity index (χ0n) is 6.19. The average Bonchev–Trinajstić information content (AvgIpc) is 2.57. The van der Waals surface area contributed by atoms with Crippen LogP contribution in [0.4, 0.5) is 0 Å². The molecule has 0 N–H and O–H groups in total. The standard InChI is InChI=1S/C9H6O3/c10-9-8(2-1-4-12-9)7-3-5-11-6-7/h1-6H.